The van der Waals surface area contributed by atoms with Gasteiger partial charge in [-0.05, 0) is 43.4 Å². The quantitative estimate of drug-likeness (QED) is 0.0348. The summed E-state index contributed by atoms with van der Waals surface area (Å²) in [5.74, 6) is -3.79. The van der Waals surface area contributed by atoms with E-state index < -0.39 is 47.9 Å². The van der Waals surface area contributed by atoms with Crippen molar-refractivity contribution in [3.63, 3.8) is 0 Å². The van der Waals surface area contributed by atoms with Crippen molar-refractivity contribution >= 4 is 48.2 Å². The number of carboxylic acid groups (broad SMARTS) is 1. The molecule has 0 heterocycles. The van der Waals surface area contributed by atoms with Crippen LogP contribution in [-0.2, 0) is 25.6 Å². The summed E-state index contributed by atoms with van der Waals surface area (Å²) in [7, 11) is 0. The Hall–Kier alpha value is -4.25. The zero-order chi connectivity index (χ0) is 30.9. The number of guanidine groups is 2. The lowest BCUT2D eigenvalue weighted by atomic mass is 10.0. The Morgan fingerprint density at radius 3 is 1.78 bits per heavy atom. The molecule has 15 N–H and O–H groups in total. The Morgan fingerprint density at radius 1 is 0.780 bits per heavy atom. The number of benzene rings is 1. The minimum absolute atomic E-state index is 0.00201. The van der Waals surface area contributed by atoms with Gasteiger partial charge >= 0.3 is 5.97 Å². The van der Waals surface area contributed by atoms with Crippen molar-refractivity contribution in [1.82, 2.24) is 16.0 Å². The van der Waals surface area contributed by atoms with Crippen molar-refractivity contribution in [2.24, 2.45) is 38.7 Å². The van der Waals surface area contributed by atoms with E-state index in [9.17, 15) is 29.4 Å². The number of nitrogens with zero attached hydrogens (tertiary/aromatic N) is 2. The largest absolute Gasteiger partial charge is 0.508 e. The molecular formula is C24H40N10O6S. The Kier molecular flexibility index (Phi) is 15.4. The van der Waals surface area contributed by atoms with Crippen molar-refractivity contribution in [3.8, 4) is 5.75 Å². The Balaban J connectivity index is 2.95. The van der Waals surface area contributed by atoms with E-state index in [2.05, 4.69) is 38.6 Å². The number of phenols is 1. The lowest BCUT2D eigenvalue weighted by Gasteiger charge is -2.24. The number of hydrogen-bond acceptors (Lipinski definition) is 9. The summed E-state index contributed by atoms with van der Waals surface area (Å²) in [6, 6.07) is 1.35. The average molecular weight is 597 g/mol. The molecule has 0 saturated carbocycles. The van der Waals surface area contributed by atoms with Crippen molar-refractivity contribution in [2.75, 3.05) is 18.8 Å². The first kappa shape index (κ1) is 34.8. The Morgan fingerprint density at radius 2 is 1.27 bits per heavy atom. The summed E-state index contributed by atoms with van der Waals surface area (Å²) >= 11 is 4.12. The van der Waals surface area contributed by atoms with Crippen LogP contribution in [0.25, 0.3) is 0 Å². The number of carbonyl (C=O) groups excluding carboxylic acids is 3. The van der Waals surface area contributed by atoms with E-state index >= 15 is 0 Å². The molecule has 0 saturated heterocycles. The number of amides is 3. The summed E-state index contributed by atoms with van der Waals surface area (Å²) in [5, 5.41) is 26.5. The van der Waals surface area contributed by atoms with Crippen LogP contribution in [0.15, 0.2) is 34.3 Å². The maximum Gasteiger partial charge on any atom is 0.326 e. The van der Waals surface area contributed by atoms with E-state index in [0.717, 1.165) is 0 Å². The number of nitrogens with two attached hydrogens (primary N) is 5. The third-order valence-corrected chi connectivity index (χ3v) is 6.05. The highest BCUT2D eigenvalue weighted by Gasteiger charge is 2.30. The van der Waals surface area contributed by atoms with Crippen LogP contribution in [0.4, 0.5) is 0 Å². The standard InChI is InChI=1S/C24H40N10O6S/c25-15(3-1-9-30-23(26)27)19(36)33-17(11-13-5-7-14(35)8-6-13)20(37)34-18(12-41)21(38)32-16(22(39)40)4-2-10-31-24(28)29/h5-8,15-18,35,41H,1-4,9-12,25H2,(H,32,38)(H,33,36)(H,34,37)(H,39,40)(H4,26,27,30)(H4,28,29,31). The second kappa shape index (κ2) is 18.2. The molecule has 4 atom stereocenters. The van der Waals surface area contributed by atoms with Crippen LogP contribution < -0.4 is 44.6 Å². The molecule has 0 aliphatic carbocycles. The predicted octanol–water partition coefficient (Wildman–Crippen LogP) is -3.16. The van der Waals surface area contributed by atoms with Crippen molar-refractivity contribution in [2.45, 2.75) is 56.3 Å². The van der Waals surface area contributed by atoms with Gasteiger partial charge in [0.05, 0.1) is 6.04 Å². The minimum atomic E-state index is -1.28. The van der Waals surface area contributed by atoms with Gasteiger partial charge in [-0.15, -0.1) is 0 Å². The monoisotopic (exact) mass is 596 g/mol. The normalized spacial score (nSPS) is 13.5. The van der Waals surface area contributed by atoms with Gasteiger partial charge in [-0.2, -0.15) is 12.6 Å². The first-order chi connectivity index (χ1) is 19.3. The number of aliphatic imine (C=N–C) groups is 2. The molecule has 0 aliphatic heterocycles. The number of nitrogens with one attached hydrogen (secondary N) is 3. The number of thiol groups is 1. The van der Waals surface area contributed by atoms with Crippen LogP contribution in [-0.4, -0.2) is 88.8 Å². The first-order valence-corrected chi connectivity index (χ1v) is 13.4. The summed E-state index contributed by atoms with van der Waals surface area (Å²) in [4.78, 5) is 58.1. The SMILES string of the molecule is NC(N)=NCCCC(N)C(=O)NC(Cc1ccc(O)cc1)C(=O)NC(CS)C(=O)NC(CCCN=C(N)N)C(=O)O. The molecule has 0 aliphatic rings. The fraction of sp³-hybridized carbons (Fsp3) is 0.500. The zero-order valence-electron chi connectivity index (χ0n) is 22.5. The third kappa shape index (κ3) is 14.1. The molecule has 0 radical (unpaired) electrons. The van der Waals surface area contributed by atoms with Gasteiger partial charge in [0.1, 0.15) is 23.9 Å². The van der Waals surface area contributed by atoms with Crippen LogP contribution in [0.2, 0.25) is 0 Å². The molecule has 1 aromatic rings. The molecule has 1 aromatic carbocycles. The molecule has 0 bridgehead atoms. The molecule has 228 valence electrons. The van der Waals surface area contributed by atoms with Gasteiger partial charge in [0, 0.05) is 25.3 Å². The average Bonchev–Trinajstić information content (AvgIpc) is 2.91. The predicted molar refractivity (Wildman–Crippen MR) is 157 cm³/mol. The molecule has 41 heavy (non-hydrogen) atoms. The van der Waals surface area contributed by atoms with E-state index in [-0.39, 0.29) is 62.2 Å². The first-order valence-electron chi connectivity index (χ1n) is 12.7. The maximum atomic E-state index is 13.2. The fourth-order valence-corrected chi connectivity index (χ4v) is 3.76. The second-order valence-electron chi connectivity index (χ2n) is 9.08. The third-order valence-electron chi connectivity index (χ3n) is 5.69. The van der Waals surface area contributed by atoms with Gasteiger partial charge in [-0.1, -0.05) is 12.1 Å². The van der Waals surface area contributed by atoms with Gasteiger partial charge in [0.15, 0.2) is 11.9 Å². The topological polar surface area (TPSA) is 300 Å². The van der Waals surface area contributed by atoms with Crippen LogP contribution in [0.3, 0.4) is 0 Å². The van der Waals surface area contributed by atoms with E-state index in [1.807, 2.05) is 0 Å². The summed E-state index contributed by atoms with van der Waals surface area (Å²) < 4.78 is 0. The molecule has 0 fully saturated rings. The highest BCUT2D eigenvalue weighted by molar-refractivity contribution is 7.80. The van der Waals surface area contributed by atoms with Crippen molar-refractivity contribution in [3.05, 3.63) is 29.8 Å². The van der Waals surface area contributed by atoms with E-state index in [4.69, 9.17) is 28.7 Å². The number of hydrogen-bond donors (Lipinski definition) is 11. The van der Waals surface area contributed by atoms with Crippen LogP contribution in [0.1, 0.15) is 31.2 Å². The molecule has 1 rings (SSSR count). The van der Waals surface area contributed by atoms with Gasteiger partial charge in [0.25, 0.3) is 0 Å². The van der Waals surface area contributed by atoms with Gasteiger partial charge in [-0.3, -0.25) is 24.4 Å². The lowest BCUT2D eigenvalue weighted by Crippen LogP contribution is -2.58. The molecule has 0 spiro atoms. The fourth-order valence-electron chi connectivity index (χ4n) is 3.51. The van der Waals surface area contributed by atoms with Crippen LogP contribution in [0, 0.1) is 0 Å². The zero-order valence-corrected chi connectivity index (χ0v) is 23.4. The van der Waals surface area contributed by atoms with Gasteiger partial charge < -0.3 is 54.8 Å². The number of aliphatic carboxylic acids is 1. The Labute approximate surface area is 243 Å². The number of phenolic OH excluding ortho intramolecular Hbond substituents is 1. The molecule has 17 heteroatoms. The summed E-state index contributed by atoms with van der Waals surface area (Å²) in [5.41, 5.74) is 27.7. The molecule has 4 unspecified atom stereocenters. The smallest absolute Gasteiger partial charge is 0.326 e. The summed E-state index contributed by atoms with van der Waals surface area (Å²) in [6.45, 7) is 0.439. The maximum absolute atomic E-state index is 13.2. The minimum Gasteiger partial charge on any atom is -0.508 e. The van der Waals surface area contributed by atoms with Crippen molar-refractivity contribution in [1.29, 1.82) is 0 Å². The highest BCUT2D eigenvalue weighted by Crippen LogP contribution is 2.12. The van der Waals surface area contributed by atoms with E-state index in [0.29, 0.717) is 12.0 Å². The molecule has 0 aromatic heterocycles. The lowest BCUT2D eigenvalue weighted by molar-refractivity contribution is -0.142. The highest BCUT2D eigenvalue weighted by atomic mass is 32.1. The van der Waals surface area contributed by atoms with Crippen LogP contribution in [0.5, 0.6) is 5.75 Å². The number of rotatable bonds is 18. The number of aromatic hydroxyl groups is 1. The molecule has 3 amide bonds. The summed E-state index contributed by atoms with van der Waals surface area (Å²) in [6.07, 6.45) is 0.964. The van der Waals surface area contributed by atoms with E-state index in [1.54, 1.807) is 12.1 Å². The number of carboxylic acids is 1. The van der Waals surface area contributed by atoms with Crippen molar-refractivity contribution < 1.29 is 29.4 Å². The Bertz CT molecular complexity index is 1080. The number of carbonyl (C=O) groups is 4. The second-order valence-corrected chi connectivity index (χ2v) is 9.44. The van der Waals surface area contributed by atoms with Gasteiger partial charge in [-0.25, -0.2) is 4.79 Å². The molecule has 16 nitrogen and oxygen atoms in total. The van der Waals surface area contributed by atoms with E-state index in [1.165, 1.54) is 12.1 Å². The van der Waals surface area contributed by atoms with Gasteiger partial charge in [0.2, 0.25) is 17.7 Å². The van der Waals surface area contributed by atoms with Crippen LogP contribution >= 0.6 is 12.6 Å². The molecular weight excluding hydrogens is 556 g/mol.